The molecule has 0 spiro atoms. The third-order valence-corrected chi connectivity index (χ3v) is 2.34. The van der Waals surface area contributed by atoms with Crippen LogP contribution >= 0.6 is 0 Å². The molecule has 0 radical (unpaired) electrons. The molecule has 2 heterocycles. The molecular formula is C10H14BNO2. The van der Waals surface area contributed by atoms with Gasteiger partial charge >= 0.3 is 0 Å². The van der Waals surface area contributed by atoms with Crippen molar-refractivity contribution < 1.29 is 9.47 Å². The highest BCUT2D eigenvalue weighted by atomic mass is 16.5. The first-order valence-corrected chi connectivity index (χ1v) is 5.01. The van der Waals surface area contributed by atoms with Crippen molar-refractivity contribution in [2.45, 2.75) is 18.9 Å². The second-order valence-corrected chi connectivity index (χ2v) is 3.56. The van der Waals surface area contributed by atoms with Gasteiger partial charge in [-0.25, -0.2) is 0 Å². The summed E-state index contributed by atoms with van der Waals surface area (Å²) < 4.78 is 11.1. The van der Waals surface area contributed by atoms with Crippen molar-refractivity contribution in [2.24, 2.45) is 0 Å². The Hall–Kier alpha value is -1.03. The normalized spacial score (nSPS) is 18.0. The summed E-state index contributed by atoms with van der Waals surface area (Å²) in [5, 5.41) is 0. The van der Waals surface area contributed by atoms with E-state index >= 15 is 0 Å². The summed E-state index contributed by atoms with van der Waals surface area (Å²) in [6.45, 7) is 1.63. The molecule has 0 amide bonds. The smallest absolute Gasteiger partial charge is 0.164 e. The average molecular weight is 191 g/mol. The fourth-order valence-corrected chi connectivity index (χ4v) is 1.58. The Morgan fingerprint density at radius 1 is 1.43 bits per heavy atom. The first-order valence-electron chi connectivity index (χ1n) is 5.01. The van der Waals surface area contributed by atoms with E-state index in [2.05, 4.69) is 4.98 Å². The van der Waals surface area contributed by atoms with Crippen molar-refractivity contribution >= 4 is 13.4 Å². The van der Waals surface area contributed by atoms with Crippen LogP contribution in [0, 0.1) is 0 Å². The topological polar surface area (TPSA) is 31.4 Å². The van der Waals surface area contributed by atoms with E-state index in [9.17, 15) is 0 Å². The Morgan fingerprint density at radius 2 is 2.21 bits per heavy atom. The molecule has 0 unspecified atom stereocenters. The highest BCUT2D eigenvalue weighted by molar-refractivity contribution is 6.30. The van der Waals surface area contributed by atoms with Crippen molar-refractivity contribution in [1.82, 2.24) is 4.98 Å². The molecule has 0 bridgehead atoms. The van der Waals surface area contributed by atoms with Gasteiger partial charge in [0.15, 0.2) is 7.85 Å². The van der Waals surface area contributed by atoms with Gasteiger partial charge in [-0.15, -0.1) is 0 Å². The van der Waals surface area contributed by atoms with Gasteiger partial charge in [-0.05, 0) is 17.7 Å². The van der Waals surface area contributed by atoms with Crippen LogP contribution in [0.25, 0.3) is 0 Å². The van der Waals surface area contributed by atoms with E-state index < -0.39 is 0 Å². The second-order valence-electron chi connectivity index (χ2n) is 3.56. The van der Waals surface area contributed by atoms with Crippen LogP contribution in [-0.4, -0.2) is 32.1 Å². The zero-order valence-corrected chi connectivity index (χ0v) is 8.40. The molecule has 1 aromatic heterocycles. The van der Waals surface area contributed by atoms with E-state index in [0.717, 1.165) is 37.4 Å². The Kier molecular flexibility index (Phi) is 3.04. The van der Waals surface area contributed by atoms with Gasteiger partial charge in [0.05, 0.1) is 13.2 Å². The number of aromatic nitrogens is 1. The van der Waals surface area contributed by atoms with Crippen molar-refractivity contribution in [3.8, 4) is 5.75 Å². The first kappa shape index (κ1) is 9.53. The Balaban J connectivity index is 1.95. The minimum Gasteiger partial charge on any atom is -0.490 e. The summed E-state index contributed by atoms with van der Waals surface area (Å²) in [5.41, 5.74) is 0.995. The van der Waals surface area contributed by atoms with Crippen molar-refractivity contribution in [3.63, 3.8) is 0 Å². The molecule has 0 saturated carbocycles. The largest absolute Gasteiger partial charge is 0.490 e. The maximum Gasteiger partial charge on any atom is 0.164 e. The quantitative estimate of drug-likeness (QED) is 0.611. The van der Waals surface area contributed by atoms with Gasteiger partial charge in [-0.3, -0.25) is 4.98 Å². The van der Waals surface area contributed by atoms with Gasteiger partial charge < -0.3 is 9.47 Å². The Bertz CT molecular complexity index is 300. The molecule has 3 nitrogen and oxygen atoms in total. The summed E-state index contributed by atoms with van der Waals surface area (Å²) in [6.07, 6.45) is 4.07. The van der Waals surface area contributed by atoms with Crippen LogP contribution < -0.4 is 10.3 Å². The summed E-state index contributed by atoms with van der Waals surface area (Å²) >= 11 is 0. The van der Waals surface area contributed by atoms with E-state index in [-0.39, 0.29) is 0 Å². The maximum absolute atomic E-state index is 5.82. The van der Waals surface area contributed by atoms with Gasteiger partial charge in [0.1, 0.15) is 11.9 Å². The molecule has 1 aliphatic rings. The number of ether oxygens (including phenoxy) is 2. The maximum atomic E-state index is 5.82. The monoisotopic (exact) mass is 191 g/mol. The lowest BCUT2D eigenvalue weighted by molar-refractivity contribution is 0.0256. The molecule has 1 fully saturated rings. The second kappa shape index (κ2) is 4.46. The minimum atomic E-state index is 0.311. The van der Waals surface area contributed by atoms with Gasteiger partial charge in [-0.2, -0.15) is 0 Å². The van der Waals surface area contributed by atoms with Crippen LogP contribution in [0.3, 0.4) is 0 Å². The van der Waals surface area contributed by atoms with Crippen LogP contribution in [-0.2, 0) is 4.74 Å². The third kappa shape index (κ3) is 2.48. The lowest BCUT2D eigenvalue weighted by atomic mass is 10.0. The number of hydrogen-bond acceptors (Lipinski definition) is 3. The number of pyridine rings is 1. The lowest BCUT2D eigenvalue weighted by Crippen LogP contribution is -2.26. The van der Waals surface area contributed by atoms with E-state index in [4.69, 9.17) is 9.47 Å². The number of hydrogen-bond donors (Lipinski definition) is 0. The van der Waals surface area contributed by atoms with E-state index in [1.807, 2.05) is 20.0 Å². The molecule has 2 rings (SSSR count). The molecule has 74 valence electrons. The minimum absolute atomic E-state index is 0.311. The number of rotatable bonds is 2. The summed E-state index contributed by atoms with van der Waals surface area (Å²) in [5.74, 6) is 0.921. The summed E-state index contributed by atoms with van der Waals surface area (Å²) in [4.78, 5) is 4.13. The first-order chi connectivity index (χ1) is 6.84. The van der Waals surface area contributed by atoms with Crippen LogP contribution in [0.4, 0.5) is 0 Å². The molecule has 0 aliphatic carbocycles. The third-order valence-electron chi connectivity index (χ3n) is 2.34. The molecule has 0 N–H and O–H groups in total. The summed E-state index contributed by atoms with van der Waals surface area (Å²) in [7, 11) is 1.97. The standard InChI is InChI=1S/C10H14BNO2/c11-10-7-9(1-4-12-10)14-8-2-5-13-6-3-8/h1,4,7-8H,2-3,5-6,11H2. The highest BCUT2D eigenvalue weighted by Crippen LogP contribution is 2.15. The van der Waals surface area contributed by atoms with Gasteiger partial charge in [0.25, 0.3) is 0 Å². The molecular weight excluding hydrogens is 177 g/mol. The van der Waals surface area contributed by atoms with Gasteiger partial charge in [0.2, 0.25) is 0 Å². The molecule has 1 saturated heterocycles. The zero-order chi connectivity index (χ0) is 9.80. The molecule has 0 aromatic carbocycles. The average Bonchev–Trinajstić information content (AvgIpc) is 2.19. The van der Waals surface area contributed by atoms with E-state index in [1.54, 1.807) is 6.20 Å². The van der Waals surface area contributed by atoms with Crippen LogP contribution in [0.1, 0.15) is 12.8 Å². The van der Waals surface area contributed by atoms with Crippen molar-refractivity contribution in [2.75, 3.05) is 13.2 Å². The van der Waals surface area contributed by atoms with Crippen LogP contribution in [0.5, 0.6) is 5.75 Å². The molecule has 14 heavy (non-hydrogen) atoms. The van der Waals surface area contributed by atoms with Crippen LogP contribution in [0.15, 0.2) is 18.3 Å². The predicted octanol–water partition coefficient (Wildman–Crippen LogP) is -0.102. The van der Waals surface area contributed by atoms with Gasteiger partial charge in [0, 0.05) is 19.0 Å². The van der Waals surface area contributed by atoms with Crippen molar-refractivity contribution in [3.05, 3.63) is 18.3 Å². The molecule has 1 aliphatic heterocycles. The molecule has 4 heteroatoms. The lowest BCUT2D eigenvalue weighted by Gasteiger charge is -2.23. The fraction of sp³-hybridized carbons (Fsp3) is 0.500. The van der Waals surface area contributed by atoms with E-state index in [0.29, 0.717) is 6.10 Å². The molecule has 0 atom stereocenters. The van der Waals surface area contributed by atoms with Crippen LogP contribution in [0.2, 0.25) is 0 Å². The Labute approximate surface area is 84.8 Å². The fourth-order valence-electron chi connectivity index (χ4n) is 1.58. The zero-order valence-electron chi connectivity index (χ0n) is 8.40. The summed E-state index contributed by atoms with van der Waals surface area (Å²) in [6, 6.07) is 3.87. The molecule has 1 aromatic rings. The van der Waals surface area contributed by atoms with Gasteiger partial charge in [-0.1, -0.05) is 0 Å². The highest BCUT2D eigenvalue weighted by Gasteiger charge is 2.14. The predicted molar refractivity (Wildman–Crippen MR) is 56.9 cm³/mol. The SMILES string of the molecule is Bc1cc(OC2CCOCC2)ccn1. The number of nitrogens with zero attached hydrogens (tertiary/aromatic N) is 1. The van der Waals surface area contributed by atoms with Crippen molar-refractivity contribution in [1.29, 1.82) is 0 Å². The Morgan fingerprint density at radius 3 is 2.93 bits per heavy atom. The van der Waals surface area contributed by atoms with E-state index in [1.165, 1.54) is 0 Å².